The van der Waals surface area contributed by atoms with Crippen LogP contribution in [0.1, 0.15) is 63.6 Å². The highest BCUT2D eigenvalue weighted by atomic mass is 16.5. The van der Waals surface area contributed by atoms with Gasteiger partial charge in [-0.25, -0.2) is 4.98 Å². The second-order valence-corrected chi connectivity index (χ2v) is 10.4. The Morgan fingerprint density at radius 3 is 2.27 bits per heavy atom. The van der Waals surface area contributed by atoms with Gasteiger partial charge in [0.05, 0.1) is 11.0 Å². The lowest BCUT2D eigenvalue weighted by molar-refractivity contribution is -0.168. The third-order valence-corrected chi connectivity index (χ3v) is 8.51. The van der Waals surface area contributed by atoms with Crippen molar-refractivity contribution in [3.05, 3.63) is 30.1 Å². The molecule has 1 heterocycles. The Balaban J connectivity index is 1.36. The van der Waals surface area contributed by atoms with Gasteiger partial charge in [-0.2, -0.15) is 0 Å². The highest BCUT2D eigenvalue weighted by molar-refractivity contribution is 6.02. The Morgan fingerprint density at radius 2 is 1.70 bits per heavy atom. The summed E-state index contributed by atoms with van der Waals surface area (Å²) in [6.07, 6.45) is 9.54. The van der Waals surface area contributed by atoms with Crippen LogP contribution in [0.4, 0.5) is 0 Å². The number of ether oxygens (including phenoxy) is 1. The van der Waals surface area contributed by atoms with E-state index in [2.05, 4.69) is 16.7 Å². The number of imidazole rings is 1. The molecule has 30 heavy (non-hydrogen) atoms. The van der Waals surface area contributed by atoms with Gasteiger partial charge in [-0.15, -0.1) is 0 Å². The number of carbonyl (C=O) groups is 2. The number of rotatable bonds is 5. The molecule has 5 saturated carbocycles. The van der Waals surface area contributed by atoms with E-state index in [1.165, 1.54) is 38.5 Å². The number of nitrogens with two attached hydrogens (primary N) is 1. The molecule has 0 radical (unpaired) electrons. The first kappa shape index (κ1) is 18.4. The van der Waals surface area contributed by atoms with E-state index >= 15 is 0 Å². The molecule has 0 aliphatic heterocycles. The number of primary amides is 1. The van der Waals surface area contributed by atoms with Crippen molar-refractivity contribution in [3.8, 4) is 0 Å². The van der Waals surface area contributed by atoms with E-state index < -0.39 is 17.3 Å². The van der Waals surface area contributed by atoms with Crippen LogP contribution in [0.5, 0.6) is 0 Å². The standard InChI is InChI=1S/C24H29N3O3/c25-21(28)24(6-3-7-24)22(29)30-14-20-26-18-4-1-2-5-19(18)27(20)23-11-15-8-16(12-23)10-17(9-15)13-23/h1-2,4-5,15-17H,3,6-14H2,(H2,25,28). The van der Waals surface area contributed by atoms with E-state index in [-0.39, 0.29) is 12.1 Å². The molecule has 1 aromatic carbocycles. The minimum Gasteiger partial charge on any atom is -0.457 e. The Labute approximate surface area is 176 Å². The van der Waals surface area contributed by atoms with Gasteiger partial charge >= 0.3 is 5.97 Å². The van der Waals surface area contributed by atoms with Gasteiger partial charge in [-0.1, -0.05) is 18.6 Å². The van der Waals surface area contributed by atoms with Crippen molar-refractivity contribution in [3.63, 3.8) is 0 Å². The Kier molecular flexibility index (Phi) is 3.87. The third kappa shape index (κ3) is 2.51. The molecule has 6 nitrogen and oxygen atoms in total. The molecule has 0 saturated heterocycles. The highest BCUT2D eigenvalue weighted by Crippen LogP contribution is 2.59. The largest absolute Gasteiger partial charge is 0.457 e. The van der Waals surface area contributed by atoms with Crippen LogP contribution in [-0.4, -0.2) is 21.4 Å². The van der Waals surface area contributed by atoms with Crippen LogP contribution in [-0.2, 0) is 26.5 Å². The summed E-state index contributed by atoms with van der Waals surface area (Å²) in [5, 5.41) is 0. The average molecular weight is 408 g/mol. The molecule has 0 atom stereocenters. The van der Waals surface area contributed by atoms with Crippen LogP contribution in [0.2, 0.25) is 0 Å². The molecular weight excluding hydrogens is 378 g/mol. The smallest absolute Gasteiger partial charge is 0.322 e. The number of hydrogen-bond acceptors (Lipinski definition) is 4. The maximum absolute atomic E-state index is 12.8. The van der Waals surface area contributed by atoms with Gasteiger partial charge in [0.1, 0.15) is 17.8 Å². The Hall–Kier alpha value is -2.37. The highest BCUT2D eigenvalue weighted by Gasteiger charge is 2.54. The molecule has 2 N–H and O–H groups in total. The van der Waals surface area contributed by atoms with Crippen molar-refractivity contribution in [2.24, 2.45) is 28.9 Å². The van der Waals surface area contributed by atoms with Gasteiger partial charge in [0.2, 0.25) is 5.91 Å². The van der Waals surface area contributed by atoms with Crippen molar-refractivity contribution >= 4 is 22.9 Å². The Bertz CT molecular complexity index is 1000. The molecule has 6 heteroatoms. The fourth-order valence-electron chi connectivity index (χ4n) is 7.39. The summed E-state index contributed by atoms with van der Waals surface area (Å²) in [6, 6.07) is 8.25. The average Bonchev–Trinajstić information content (AvgIpc) is 3.03. The number of aromatic nitrogens is 2. The molecule has 0 unspecified atom stereocenters. The number of nitrogens with zero attached hydrogens (tertiary/aromatic N) is 2. The van der Waals surface area contributed by atoms with E-state index in [1.54, 1.807) is 0 Å². The number of benzene rings is 1. The Morgan fingerprint density at radius 1 is 1.07 bits per heavy atom. The van der Waals surface area contributed by atoms with Gasteiger partial charge in [0.25, 0.3) is 0 Å². The predicted molar refractivity (Wildman–Crippen MR) is 111 cm³/mol. The third-order valence-electron chi connectivity index (χ3n) is 8.51. The maximum atomic E-state index is 12.8. The first-order valence-electron chi connectivity index (χ1n) is 11.4. The van der Waals surface area contributed by atoms with Gasteiger partial charge in [0.15, 0.2) is 0 Å². The molecule has 7 rings (SSSR count). The molecule has 5 aliphatic rings. The van der Waals surface area contributed by atoms with E-state index in [9.17, 15) is 9.59 Å². The van der Waals surface area contributed by atoms with Crippen molar-refractivity contribution in [1.29, 1.82) is 0 Å². The van der Waals surface area contributed by atoms with Crippen molar-refractivity contribution < 1.29 is 14.3 Å². The number of esters is 1. The molecule has 158 valence electrons. The first-order chi connectivity index (χ1) is 14.5. The van der Waals surface area contributed by atoms with Crippen LogP contribution < -0.4 is 5.73 Å². The minimum atomic E-state index is -1.13. The van der Waals surface area contributed by atoms with Crippen LogP contribution in [0.25, 0.3) is 11.0 Å². The van der Waals surface area contributed by atoms with Crippen molar-refractivity contribution in [2.75, 3.05) is 0 Å². The zero-order chi connectivity index (χ0) is 20.5. The summed E-state index contributed by atoms with van der Waals surface area (Å²) in [7, 11) is 0. The fraction of sp³-hybridized carbons (Fsp3) is 0.625. The first-order valence-corrected chi connectivity index (χ1v) is 11.4. The quantitative estimate of drug-likeness (QED) is 0.605. The molecule has 1 aromatic heterocycles. The summed E-state index contributed by atoms with van der Waals surface area (Å²) < 4.78 is 8.12. The molecular formula is C24H29N3O3. The van der Waals surface area contributed by atoms with Crippen LogP contribution in [0.3, 0.4) is 0 Å². The van der Waals surface area contributed by atoms with E-state index in [1.807, 2.05) is 12.1 Å². The number of para-hydroxylation sites is 2. The SMILES string of the molecule is NC(=O)C1(C(=O)OCc2nc3ccccc3n2C23CC4CC(CC(C4)C2)C3)CCC1. The lowest BCUT2D eigenvalue weighted by atomic mass is 9.53. The van der Waals surface area contributed by atoms with Crippen LogP contribution in [0.15, 0.2) is 24.3 Å². The van der Waals surface area contributed by atoms with Gasteiger partial charge in [0, 0.05) is 5.54 Å². The second-order valence-electron chi connectivity index (χ2n) is 10.4. The minimum absolute atomic E-state index is 0.0877. The van der Waals surface area contributed by atoms with E-state index in [4.69, 9.17) is 15.5 Å². The summed E-state index contributed by atoms with van der Waals surface area (Å²) in [5.74, 6) is 2.19. The molecule has 2 aromatic rings. The lowest BCUT2D eigenvalue weighted by Gasteiger charge is -2.57. The van der Waals surface area contributed by atoms with Gasteiger partial charge < -0.3 is 15.0 Å². The molecule has 4 bridgehead atoms. The van der Waals surface area contributed by atoms with E-state index in [0.29, 0.717) is 12.8 Å². The maximum Gasteiger partial charge on any atom is 0.322 e. The number of hydrogen-bond donors (Lipinski definition) is 1. The molecule has 5 fully saturated rings. The van der Waals surface area contributed by atoms with Crippen molar-refractivity contribution in [1.82, 2.24) is 9.55 Å². The molecule has 1 amide bonds. The zero-order valence-corrected chi connectivity index (χ0v) is 17.3. The number of fused-ring (bicyclic) bond motifs is 1. The van der Waals surface area contributed by atoms with Crippen molar-refractivity contribution in [2.45, 2.75) is 69.9 Å². The van der Waals surface area contributed by atoms with Crippen LogP contribution in [0, 0.1) is 23.2 Å². The molecule has 5 aliphatic carbocycles. The van der Waals surface area contributed by atoms with Gasteiger partial charge in [-0.05, 0) is 81.3 Å². The summed E-state index contributed by atoms with van der Waals surface area (Å²) >= 11 is 0. The predicted octanol–water partition coefficient (Wildman–Crippen LogP) is 3.66. The summed E-state index contributed by atoms with van der Waals surface area (Å²) in [6.45, 7) is 0.101. The van der Waals surface area contributed by atoms with Gasteiger partial charge in [-0.3, -0.25) is 9.59 Å². The topological polar surface area (TPSA) is 87.2 Å². The normalized spacial score (nSPS) is 33.4. The summed E-state index contributed by atoms with van der Waals surface area (Å²) in [4.78, 5) is 29.6. The zero-order valence-electron chi connectivity index (χ0n) is 17.3. The molecule has 0 spiro atoms. The second kappa shape index (κ2) is 6.32. The lowest BCUT2D eigenvalue weighted by Crippen LogP contribution is -2.52. The monoisotopic (exact) mass is 407 g/mol. The fourth-order valence-corrected chi connectivity index (χ4v) is 7.39. The van der Waals surface area contributed by atoms with E-state index in [0.717, 1.165) is 41.0 Å². The van der Waals surface area contributed by atoms with Crippen LogP contribution >= 0.6 is 0 Å². The summed E-state index contributed by atoms with van der Waals surface area (Å²) in [5.41, 5.74) is 6.59. The number of carbonyl (C=O) groups excluding carboxylic acids is 2. The number of amides is 1.